The Bertz CT molecular complexity index is 720. The van der Waals surface area contributed by atoms with Crippen molar-refractivity contribution in [3.8, 4) is 0 Å². The summed E-state index contributed by atoms with van der Waals surface area (Å²) in [6.45, 7) is 6.97. The molecule has 1 aromatic rings. The normalized spacial score (nSPS) is 16.0. The number of ketones is 1. The number of alkyl halides is 3. The molecule has 1 saturated heterocycles. The van der Waals surface area contributed by atoms with Crippen molar-refractivity contribution in [1.82, 2.24) is 9.97 Å². The van der Waals surface area contributed by atoms with Gasteiger partial charge < -0.3 is 9.80 Å². The van der Waals surface area contributed by atoms with Crippen molar-refractivity contribution < 1.29 is 18.0 Å². The number of anilines is 2. The summed E-state index contributed by atoms with van der Waals surface area (Å²) in [5.74, 6) is 0.942. The molecule has 0 N–H and O–H groups in total. The van der Waals surface area contributed by atoms with E-state index in [4.69, 9.17) is 0 Å². The van der Waals surface area contributed by atoms with Crippen LogP contribution in [0.25, 0.3) is 5.57 Å². The molecular weight excluding hydrogens is 347 g/mol. The highest BCUT2D eigenvalue weighted by atomic mass is 19.4. The van der Waals surface area contributed by atoms with Gasteiger partial charge in [-0.15, -0.1) is 0 Å². The Balaban J connectivity index is 2.46. The van der Waals surface area contributed by atoms with E-state index in [1.54, 1.807) is 11.9 Å². The molecule has 9 heteroatoms. The molecule has 2 rings (SSSR count). The first-order valence-corrected chi connectivity index (χ1v) is 8.27. The average Bonchev–Trinajstić information content (AvgIpc) is 2.60. The summed E-state index contributed by atoms with van der Waals surface area (Å²) in [7, 11) is 2.86. The SMILES string of the molecule is C=C(/C(=N\C)C(F)(F)F)c1cc(N(C)CC)nc(N2CCC(=O)CC2)n1. The number of aromatic nitrogens is 2. The standard InChI is InChI=1S/C17H22F3N5O/c1-5-24(4)14-10-13(11(2)15(21-3)17(18,19)20)22-16(23-14)25-8-6-12(26)7-9-25/h10H,2,5-9H2,1,3-4H3/b21-15+. The lowest BCUT2D eigenvalue weighted by Gasteiger charge is -2.28. The fraction of sp³-hybridized carbons (Fsp3) is 0.529. The summed E-state index contributed by atoms with van der Waals surface area (Å²) in [5, 5.41) is 0. The molecule has 1 aliphatic heterocycles. The van der Waals surface area contributed by atoms with E-state index in [1.807, 2.05) is 11.8 Å². The van der Waals surface area contributed by atoms with Crippen LogP contribution in [0.5, 0.6) is 0 Å². The molecule has 1 aromatic heterocycles. The molecule has 142 valence electrons. The number of carbonyl (C=O) groups is 1. The minimum absolute atomic E-state index is 0.0696. The zero-order valence-corrected chi connectivity index (χ0v) is 15.1. The monoisotopic (exact) mass is 369 g/mol. The van der Waals surface area contributed by atoms with E-state index in [9.17, 15) is 18.0 Å². The molecule has 0 unspecified atom stereocenters. The van der Waals surface area contributed by atoms with Gasteiger partial charge in [0.1, 0.15) is 17.3 Å². The Morgan fingerprint density at radius 1 is 1.35 bits per heavy atom. The summed E-state index contributed by atoms with van der Waals surface area (Å²) in [4.78, 5) is 27.1. The van der Waals surface area contributed by atoms with Gasteiger partial charge in [0.25, 0.3) is 0 Å². The van der Waals surface area contributed by atoms with Crippen LogP contribution in [0.4, 0.5) is 24.9 Å². The van der Waals surface area contributed by atoms with Crippen LogP contribution in [0.1, 0.15) is 25.5 Å². The number of hydrogen-bond donors (Lipinski definition) is 0. The zero-order chi connectivity index (χ0) is 19.5. The third-order valence-electron chi connectivity index (χ3n) is 4.26. The minimum atomic E-state index is -4.62. The number of halogens is 3. The van der Waals surface area contributed by atoms with Gasteiger partial charge in [-0.1, -0.05) is 6.58 Å². The maximum absolute atomic E-state index is 13.2. The molecule has 0 saturated carbocycles. The lowest BCUT2D eigenvalue weighted by molar-refractivity contribution is -0.119. The van der Waals surface area contributed by atoms with Gasteiger partial charge in [0, 0.05) is 58.2 Å². The molecule has 0 bridgehead atoms. The molecule has 0 aliphatic carbocycles. The fourth-order valence-electron chi connectivity index (χ4n) is 2.59. The minimum Gasteiger partial charge on any atom is -0.360 e. The molecule has 0 radical (unpaired) electrons. The van der Waals surface area contributed by atoms with Gasteiger partial charge >= 0.3 is 6.18 Å². The summed E-state index contributed by atoms with van der Waals surface area (Å²) < 4.78 is 39.6. The predicted molar refractivity (Wildman–Crippen MR) is 95.9 cm³/mol. The molecule has 0 spiro atoms. The van der Waals surface area contributed by atoms with Crippen LogP contribution in [0.15, 0.2) is 17.6 Å². The molecule has 0 amide bonds. The number of carbonyl (C=O) groups excluding carboxylic acids is 1. The van der Waals surface area contributed by atoms with Crippen molar-refractivity contribution in [1.29, 1.82) is 0 Å². The van der Waals surface area contributed by atoms with Gasteiger partial charge in [0.2, 0.25) is 5.95 Å². The van der Waals surface area contributed by atoms with Crippen LogP contribution in [0.2, 0.25) is 0 Å². The lowest BCUT2D eigenvalue weighted by atomic mass is 10.1. The Morgan fingerprint density at radius 2 is 1.96 bits per heavy atom. The second-order valence-electron chi connectivity index (χ2n) is 6.00. The Labute approximate surface area is 150 Å². The van der Waals surface area contributed by atoms with Crippen LogP contribution in [0.3, 0.4) is 0 Å². The molecule has 26 heavy (non-hydrogen) atoms. The summed E-state index contributed by atoms with van der Waals surface area (Å²) in [6, 6.07) is 1.47. The number of piperidine rings is 1. The Kier molecular flexibility index (Phi) is 5.99. The van der Waals surface area contributed by atoms with Gasteiger partial charge in [-0.3, -0.25) is 9.79 Å². The number of rotatable bonds is 5. The first-order valence-electron chi connectivity index (χ1n) is 8.27. The first kappa shape index (κ1) is 19.9. The highest BCUT2D eigenvalue weighted by Gasteiger charge is 2.38. The Hall–Kier alpha value is -2.45. The topological polar surface area (TPSA) is 61.7 Å². The highest BCUT2D eigenvalue weighted by molar-refractivity contribution is 6.25. The van der Waals surface area contributed by atoms with Gasteiger partial charge in [-0.25, -0.2) is 4.98 Å². The lowest BCUT2D eigenvalue weighted by Crippen LogP contribution is -2.35. The maximum atomic E-state index is 13.2. The van der Waals surface area contributed by atoms with E-state index in [0.29, 0.717) is 44.2 Å². The number of aliphatic imine (C=N–C) groups is 1. The number of allylic oxidation sites excluding steroid dienone is 1. The number of Topliss-reactive ketones (excluding diaryl/α,β-unsaturated/α-hetero) is 1. The summed E-state index contributed by atoms with van der Waals surface area (Å²) in [5.41, 5.74) is -1.30. The van der Waals surface area contributed by atoms with Crippen molar-refractivity contribution in [2.45, 2.75) is 25.9 Å². The second kappa shape index (κ2) is 7.84. The zero-order valence-electron chi connectivity index (χ0n) is 15.1. The van der Waals surface area contributed by atoms with Crippen LogP contribution >= 0.6 is 0 Å². The molecule has 2 heterocycles. The van der Waals surface area contributed by atoms with E-state index in [-0.39, 0.29) is 17.1 Å². The quantitative estimate of drug-likeness (QED) is 0.747. The second-order valence-corrected chi connectivity index (χ2v) is 6.00. The molecule has 1 aliphatic rings. The molecular formula is C17H22F3N5O. The number of hydrogen-bond acceptors (Lipinski definition) is 6. The van der Waals surface area contributed by atoms with Gasteiger partial charge in [-0.05, 0) is 6.92 Å². The van der Waals surface area contributed by atoms with Crippen molar-refractivity contribution in [3.63, 3.8) is 0 Å². The molecule has 0 atom stereocenters. The van der Waals surface area contributed by atoms with E-state index in [2.05, 4.69) is 21.5 Å². The summed E-state index contributed by atoms with van der Waals surface area (Å²) >= 11 is 0. The van der Waals surface area contributed by atoms with Gasteiger partial charge in [0.05, 0.1) is 5.69 Å². The molecule has 1 fully saturated rings. The number of nitrogens with zero attached hydrogens (tertiary/aromatic N) is 5. The maximum Gasteiger partial charge on any atom is 0.433 e. The van der Waals surface area contributed by atoms with Gasteiger partial charge in [0.15, 0.2) is 0 Å². The smallest absolute Gasteiger partial charge is 0.360 e. The van der Waals surface area contributed by atoms with Crippen molar-refractivity contribution in [3.05, 3.63) is 18.3 Å². The highest BCUT2D eigenvalue weighted by Crippen LogP contribution is 2.29. The van der Waals surface area contributed by atoms with Gasteiger partial charge in [-0.2, -0.15) is 18.2 Å². The van der Waals surface area contributed by atoms with Crippen molar-refractivity contribution in [2.24, 2.45) is 4.99 Å². The van der Waals surface area contributed by atoms with Crippen LogP contribution in [-0.2, 0) is 4.79 Å². The third-order valence-corrected chi connectivity index (χ3v) is 4.26. The average molecular weight is 369 g/mol. The largest absolute Gasteiger partial charge is 0.433 e. The Morgan fingerprint density at radius 3 is 2.46 bits per heavy atom. The molecule has 6 nitrogen and oxygen atoms in total. The fourth-order valence-corrected chi connectivity index (χ4v) is 2.59. The van der Waals surface area contributed by atoms with E-state index < -0.39 is 11.9 Å². The van der Waals surface area contributed by atoms with E-state index in [0.717, 1.165) is 7.05 Å². The third kappa shape index (κ3) is 4.39. The van der Waals surface area contributed by atoms with E-state index in [1.165, 1.54) is 6.07 Å². The summed E-state index contributed by atoms with van der Waals surface area (Å²) in [6.07, 6.45) is -3.87. The van der Waals surface area contributed by atoms with Crippen molar-refractivity contribution in [2.75, 3.05) is 43.5 Å². The van der Waals surface area contributed by atoms with Crippen LogP contribution in [0, 0.1) is 0 Å². The molecule has 0 aromatic carbocycles. The predicted octanol–water partition coefficient (Wildman–Crippen LogP) is 2.75. The van der Waals surface area contributed by atoms with E-state index >= 15 is 0 Å². The van der Waals surface area contributed by atoms with Crippen molar-refractivity contribution >= 4 is 28.8 Å². The van der Waals surface area contributed by atoms with Crippen LogP contribution < -0.4 is 9.80 Å². The first-order chi connectivity index (χ1) is 12.2. The van der Waals surface area contributed by atoms with Crippen LogP contribution in [-0.4, -0.2) is 61.4 Å².